The molecule has 0 atom stereocenters. The molecule has 1 aromatic rings. The zero-order valence-corrected chi connectivity index (χ0v) is 8.47. The monoisotopic (exact) mass is 233 g/mol. The van der Waals surface area contributed by atoms with Crippen LogP contribution in [0.1, 0.15) is 5.56 Å². The minimum absolute atomic E-state index is 0.267. The molecule has 0 aliphatic carbocycles. The highest BCUT2D eigenvalue weighted by molar-refractivity contribution is 5.92. The van der Waals surface area contributed by atoms with Crippen molar-refractivity contribution in [2.45, 2.75) is 6.18 Å². The minimum Gasteiger partial charge on any atom is -0.375 e. The molecule has 0 bridgehead atoms. The molecule has 1 amide bonds. The summed E-state index contributed by atoms with van der Waals surface area (Å²) >= 11 is 0. The maximum absolute atomic E-state index is 12.5. The van der Waals surface area contributed by atoms with Crippen LogP contribution in [0.2, 0.25) is 0 Å². The van der Waals surface area contributed by atoms with Crippen molar-refractivity contribution < 1.29 is 22.7 Å². The third kappa shape index (κ3) is 3.23. The van der Waals surface area contributed by atoms with Gasteiger partial charge in [0.2, 0.25) is 5.91 Å². The van der Waals surface area contributed by atoms with Crippen LogP contribution in [0.15, 0.2) is 24.3 Å². The molecule has 0 saturated carbocycles. The van der Waals surface area contributed by atoms with Crippen LogP contribution in [0, 0.1) is 0 Å². The molecule has 1 rings (SSSR count). The van der Waals surface area contributed by atoms with Crippen molar-refractivity contribution in [2.24, 2.45) is 0 Å². The molecule has 1 N–H and O–H groups in total. The number of methoxy groups -OCH3 is 1. The number of ether oxygens (including phenoxy) is 1. The molecule has 0 fully saturated rings. The molecule has 0 aliphatic heterocycles. The number of carbonyl (C=O) groups is 1. The van der Waals surface area contributed by atoms with Gasteiger partial charge in [0.25, 0.3) is 0 Å². The molecule has 0 radical (unpaired) electrons. The smallest absolute Gasteiger partial charge is 0.375 e. The first kappa shape index (κ1) is 12.5. The van der Waals surface area contributed by atoms with Gasteiger partial charge in [-0.2, -0.15) is 13.2 Å². The van der Waals surface area contributed by atoms with E-state index in [0.29, 0.717) is 0 Å². The summed E-state index contributed by atoms with van der Waals surface area (Å²) in [6, 6.07) is 4.77. The first-order valence-electron chi connectivity index (χ1n) is 4.40. The fourth-order valence-corrected chi connectivity index (χ4v) is 1.16. The van der Waals surface area contributed by atoms with Gasteiger partial charge in [-0.3, -0.25) is 4.79 Å². The highest BCUT2D eigenvalue weighted by Gasteiger charge is 2.33. The van der Waals surface area contributed by atoms with Crippen molar-refractivity contribution in [3.05, 3.63) is 29.8 Å². The number of nitrogens with one attached hydrogen (secondary N) is 1. The number of halogens is 3. The lowest BCUT2D eigenvalue weighted by Crippen LogP contribution is -2.20. The van der Waals surface area contributed by atoms with Gasteiger partial charge < -0.3 is 10.1 Å². The second kappa shape index (κ2) is 4.98. The Labute approximate surface area is 90.2 Å². The Morgan fingerprint density at radius 3 is 2.56 bits per heavy atom. The Kier molecular flexibility index (Phi) is 3.89. The molecule has 0 saturated heterocycles. The molecule has 1 aromatic carbocycles. The number of alkyl halides is 3. The van der Waals surface area contributed by atoms with Crippen molar-refractivity contribution in [1.29, 1.82) is 0 Å². The molecule has 0 aromatic heterocycles. The van der Waals surface area contributed by atoms with E-state index >= 15 is 0 Å². The van der Waals surface area contributed by atoms with Crippen molar-refractivity contribution in [2.75, 3.05) is 19.0 Å². The van der Waals surface area contributed by atoms with Crippen molar-refractivity contribution in [3.8, 4) is 0 Å². The molecule has 0 unspecified atom stereocenters. The Morgan fingerprint density at radius 1 is 1.38 bits per heavy atom. The van der Waals surface area contributed by atoms with Crippen LogP contribution in [-0.4, -0.2) is 19.6 Å². The number of anilines is 1. The number of para-hydroxylation sites is 1. The SMILES string of the molecule is COCC(=O)Nc1ccccc1C(F)(F)F. The number of carbonyl (C=O) groups excluding carboxylic acids is 1. The molecular weight excluding hydrogens is 223 g/mol. The molecule has 0 heterocycles. The molecule has 0 aliphatic rings. The Balaban J connectivity index is 2.92. The van der Waals surface area contributed by atoms with Crippen LogP contribution < -0.4 is 5.32 Å². The van der Waals surface area contributed by atoms with Crippen LogP contribution >= 0.6 is 0 Å². The van der Waals surface area contributed by atoms with E-state index in [1.54, 1.807) is 0 Å². The third-order valence-electron chi connectivity index (χ3n) is 1.78. The number of hydrogen-bond acceptors (Lipinski definition) is 2. The largest absolute Gasteiger partial charge is 0.418 e. The fourth-order valence-electron chi connectivity index (χ4n) is 1.16. The summed E-state index contributed by atoms with van der Waals surface area (Å²) in [4.78, 5) is 11.1. The van der Waals surface area contributed by atoms with Gasteiger partial charge in [0.15, 0.2) is 0 Å². The topological polar surface area (TPSA) is 38.3 Å². The lowest BCUT2D eigenvalue weighted by Gasteiger charge is -2.13. The van der Waals surface area contributed by atoms with Gasteiger partial charge in [-0.1, -0.05) is 12.1 Å². The van der Waals surface area contributed by atoms with Crippen LogP contribution in [0.5, 0.6) is 0 Å². The van der Waals surface area contributed by atoms with Crippen molar-refractivity contribution in [3.63, 3.8) is 0 Å². The lowest BCUT2D eigenvalue weighted by molar-refractivity contribution is -0.137. The van der Waals surface area contributed by atoms with Gasteiger partial charge in [-0.05, 0) is 12.1 Å². The highest BCUT2D eigenvalue weighted by atomic mass is 19.4. The molecule has 88 valence electrons. The molecular formula is C10H10F3NO2. The predicted molar refractivity (Wildman–Crippen MR) is 51.9 cm³/mol. The summed E-state index contributed by atoms with van der Waals surface area (Å²) in [5.41, 5.74) is -1.14. The van der Waals surface area contributed by atoms with E-state index in [-0.39, 0.29) is 12.3 Å². The van der Waals surface area contributed by atoms with Gasteiger partial charge in [0, 0.05) is 7.11 Å². The quantitative estimate of drug-likeness (QED) is 0.869. The first-order valence-corrected chi connectivity index (χ1v) is 4.40. The van der Waals surface area contributed by atoms with E-state index in [2.05, 4.69) is 10.1 Å². The number of benzene rings is 1. The summed E-state index contributed by atoms with van der Waals surface area (Å²) < 4.78 is 42.0. The van der Waals surface area contributed by atoms with E-state index in [1.165, 1.54) is 25.3 Å². The van der Waals surface area contributed by atoms with E-state index in [1.807, 2.05) is 0 Å². The highest BCUT2D eigenvalue weighted by Crippen LogP contribution is 2.34. The zero-order chi connectivity index (χ0) is 12.2. The first-order chi connectivity index (χ1) is 7.45. The summed E-state index contributed by atoms with van der Waals surface area (Å²) in [6.07, 6.45) is -4.49. The second-order valence-corrected chi connectivity index (χ2v) is 3.02. The van der Waals surface area contributed by atoms with Crippen LogP contribution in [0.3, 0.4) is 0 Å². The molecule has 16 heavy (non-hydrogen) atoms. The fraction of sp³-hybridized carbons (Fsp3) is 0.300. The minimum atomic E-state index is -4.49. The lowest BCUT2D eigenvalue weighted by atomic mass is 10.1. The average molecular weight is 233 g/mol. The van der Waals surface area contributed by atoms with Gasteiger partial charge in [0.05, 0.1) is 11.3 Å². The van der Waals surface area contributed by atoms with E-state index in [4.69, 9.17) is 0 Å². The van der Waals surface area contributed by atoms with Gasteiger partial charge in [-0.15, -0.1) is 0 Å². The van der Waals surface area contributed by atoms with Crippen LogP contribution in [-0.2, 0) is 15.7 Å². The maximum Gasteiger partial charge on any atom is 0.418 e. The molecule has 3 nitrogen and oxygen atoms in total. The zero-order valence-electron chi connectivity index (χ0n) is 8.47. The second-order valence-electron chi connectivity index (χ2n) is 3.02. The maximum atomic E-state index is 12.5. The summed E-state index contributed by atoms with van der Waals surface area (Å²) in [7, 11) is 1.29. The van der Waals surface area contributed by atoms with Gasteiger partial charge in [-0.25, -0.2) is 0 Å². The summed E-state index contributed by atoms with van der Waals surface area (Å²) in [6.45, 7) is -0.286. The summed E-state index contributed by atoms with van der Waals surface area (Å²) in [5, 5.41) is 2.13. The normalized spacial score (nSPS) is 11.2. The van der Waals surface area contributed by atoms with E-state index in [9.17, 15) is 18.0 Å². The standard InChI is InChI=1S/C10H10F3NO2/c1-16-6-9(15)14-8-5-3-2-4-7(8)10(11,12)13/h2-5H,6H2,1H3,(H,14,15). The Bertz CT molecular complexity index is 377. The summed E-state index contributed by atoms with van der Waals surface area (Å²) in [5.74, 6) is -0.626. The van der Waals surface area contributed by atoms with E-state index < -0.39 is 17.6 Å². The van der Waals surface area contributed by atoms with Crippen molar-refractivity contribution in [1.82, 2.24) is 0 Å². The van der Waals surface area contributed by atoms with Gasteiger partial charge >= 0.3 is 6.18 Å². The van der Waals surface area contributed by atoms with Crippen LogP contribution in [0.4, 0.5) is 18.9 Å². The van der Waals surface area contributed by atoms with Crippen LogP contribution in [0.25, 0.3) is 0 Å². The number of hydrogen-bond donors (Lipinski definition) is 1. The Hall–Kier alpha value is -1.56. The van der Waals surface area contributed by atoms with E-state index in [0.717, 1.165) is 6.07 Å². The number of amides is 1. The molecule has 0 spiro atoms. The predicted octanol–water partition coefficient (Wildman–Crippen LogP) is 2.29. The van der Waals surface area contributed by atoms with Crippen molar-refractivity contribution >= 4 is 11.6 Å². The number of rotatable bonds is 3. The molecule has 6 heteroatoms. The Morgan fingerprint density at radius 2 is 2.00 bits per heavy atom. The van der Waals surface area contributed by atoms with Gasteiger partial charge in [0.1, 0.15) is 6.61 Å². The average Bonchev–Trinajstić information content (AvgIpc) is 2.17. The third-order valence-corrected chi connectivity index (χ3v) is 1.78.